The number of thioether (sulfide) groups is 1. The number of hydrogen-bond acceptors (Lipinski definition) is 3. The summed E-state index contributed by atoms with van der Waals surface area (Å²) in [4.78, 5) is 13.3. The average Bonchev–Trinajstić information content (AvgIpc) is 2.51. The van der Waals surface area contributed by atoms with Gasteiger partial charge in [-0.1, -0.05) is 6.07 Å². The number of methoxy groups -OCH3 is 1. The van der Waals surface area contributed by atoms with Crippen LogP contribution in [0.25, 0.3) is 0 Å². The number of rotatable bonds is 5. The highest BCUT2D eigenvalue weighted by molar-refractivity contribution is 8.00. The number of amides is 1. The zero-order valence-corrected chi connectivity index (χ0v) is 14.2. The molecular formula is C18H21NO2S. The second kappa shape index (κ2) is 7.36. The van der Waals surface area contributed by atoms with E-state index in [-0.39, 0.29) is 11.2 Å². The van der Waals surface area contributed by atoms with Crippen LogP contribution in [0.15, 0.2) is 47.4 Å². The number of carbonyl (C=O) groups is 1. The fourth-order valence-corrected chi connectivity index (χ4v) is 2.84. The van der Waals surface area contributed by atoms with Gasteiger partial charge >= 0.3 is 0 Å². The summed E-state index contributed by atoms with van der Waals surface area (Å²) >= 11 is 1.53. The summed E-state index contributed by atoms with van der Waals surface area (Å²) in [6.45, 7) is 6.01. The number of aryl methyl sites for hydroxylation is 2. The summed E-state index contributed by atoms with van der Waals surface area (Å²) in [5, 5.41) is 2.80. The molecule has 1 N–H and O–H groups in total. The highest BCUT2D eigenvalue weighted by atomic mass is 32.2. The molecule has 2 aromatic carbocycles. The Kier molecular flexibility index (Phi) is 5.50. The molecule has 0 radical (unpaired) electrons. The summed E-state index contributed by atoms with van der Waals surface area (Å²) in [6, 6.07) is 13.7. The molecule has 22 heavy (non-hydrogen) atoms. The molecule has 0 aliphatic carbocycles. The summed E-state index contributed by atoms with van der Waals surface area (Å²) in [5.74, 6) is 0.820. The highest BCUT2D eigenvalue weighted by Gasteiger charge is 2.14. The van der Waals surface area contributed by atoms with Gasteiger partial charge in [-0.25, -0.2) is 0 Å². The van der Waals surface area contributed by atoms with Crippen molar-refractivity contribution in [3.63, 3.8) is 0 Å². The lowest BCUT2D eigenvalue weighted by atomic mass is 10.1. The first-order valence-corrected chi connectivity index (χ1v) is 8.06. The zero-order valence-electron chi connectivity index (χ0n) is 13.3. The molecule has 0 aliphatic rings. The second-order valence-corrected chi connectivity index (χ2v) is 6.64. The normalized spacial score (nSPS) is 11.8. The van der Waals surface area contributed by atoms with Gasteiger partial charge in [-0.05, 0) is 68.3 Å². The van der Waals surface area contributed by atoms with Crippen molar-refractivity contribution in [1.29, 1.82) is 0 Å². The van der Waals surface area contributed by atoms with Crippen molar-refractivity contribution < 1.29 is 9.53 Å². The van der Waals surface area contributed by atoms with Crippen molar-refractivity contribution >= 4 is 23.4 Å². The van der Waals surface area contributed by atoms with E-state index in [0.29, 0.717) is 0 Å². The predicted molar refractivity (Wildman–Crippen MR) is 92.9 cm³/mol. The van der Waals surface area contributed by atoms with Crippen LogP contribution in [0, 0.1) is 13.8 Å². The topological polar surface area (TPSA) is 38.3 Å². The van der Waals surface area contributed by atoms with Crippen LogP contribution in [0.1, 0.15) is 18.1 Å². The standard InChI is InChI=1S/C18H21NO2S/c1-12-5-6-15(11-13(12)2)19-18(20)14(3)22-17-9-7-16(21-4)8-10-17/h5-11,14H,1-4H3,(H,19,20)/t14-/m1/s1. The smallest absolute Gasteiger partial charge is 0.237 e. The van der Waals surface area contributed by atoms with Gasteiger partial charge in [-0.2, -0.15) is 0 Å². The molecule has 0 heterocycles. The van der Waals surface area contributed by atoms with E-state index in [1.807, 2.05) is 56.3 Å². The number of hydrogen-bond donors (Lipinski definition) is 1. The minimum Gasteiger partial charge on any atom is -0.497 e. The summed E-state index contributed by atoms with van der Waals surface area (Å²) < 4.78 is 5.13. The van der Waals surface area contributed by atoms with Gasteiger partial charge in [-0.15, -0.1) is 11.8 Å². The van der Waals surface area contributed by atoms with Crippen LogP contribution in [-0.4, -0.2) is 18.3 Å². The number of nitrogens with one attached hydrogen (secondary N) is 1. The van der Waals surface area contributed by atoms with Gasteiger partial charge in [0.05, 0.1) is 12.4 Å². The number of carbonyl (C=O) groups excluding carboxylic acids is 1. The second-order valence-electron chi connectivity index (χ2n) is 5.22. The molecule has 0 saturated heterocycles. The van der Waals surface area contributed by atoms with Gasteiger partial charge in [0, 0.05) is 10.6 Å². The molecule has 0 bridgehead atoms. The molecule has 2 aromatic rings. The maximum absolute atomic E-state index is 12.3. The van der Waals surface area contributed by atoms with E-state index in [4.69, 9.17) is 4.74 Å². The molecule has 4 heteroatoms. The van der Waals surface area contributed by atoms with Crippen LogP contribution < -0.4 is 10.1 Å². The van der Waals surface area contributed by atoms with E-state index >= 15 is 0 Å². The van der Waals surface area contributed by atoms with Crippen LogP contribution in [-0.2, 0) is 4.79 Å². The summed E-state index contributed by atoms with van der Waals surface area (Å²) in [7, 11) is 1.64. The van der Waals surface area contributed by atoms with Crippen LogP contribution >= 0.6 is 11.8 Å². The number of benzene rings is 2. The molecular weight excluding hydrogens is 294 g/mol. The highest BCUT2D eigenvalue weighted by Crippen LogP contribution is 2.26. The Balaban J connectivity index is 1.97. The minimum atomic E-state index is -0.171. The molecule has 0 unspecified atom stereocenters. The van der Waals surface area contributed by atoms with Crippen molar-refractivity contribution in [2.45, 2.75) is 30.9 Å². The van der Waals surface area contributed by atoms with E-state index in [0.717, 1.165) is 16.3 Å². The van der Waals surface area contributed by atoms with Gasteiger partial charge in [0.1, 0.15) is 5.75 Å². The van der Waals surface area contributed by atoms with Crippen LogP contribution in [0.4, 0.5) is 5.69 Å². The Hall–Kier alpha value is -1.94. The first-order chi connectivity index (χ1) is 10.5. The van der Waals surface area contributed by atoms with Gasteiger partial charge in [0.2, 0.25) is 5.91 Å². The summed E-state index contributed by atoms with van der Waals surface area (Å²) in [6.07, 6.45) is 0. The van der Waals surface area contributed by atoms with Crippen molar-refractivity contribution in [2.24, 2.45) is 0 Å². The maximum atomic E-state index is 12.3. The summed E-state index contributed by atoms with van der Waals surface area (Å²) in [5.41, 5.74) is 3.24. The zero-order chi connectivity index (χ0) is 16.1. The Morgan fingerprint density at radius 1 is 1.09 bits per heavy atom. The third-order valence-corrected chi connectivity index (χ3v) is 4.63. The predicted octanol–water partition coefficient (Wildman–Crippen LogP) is 4.43. The molecule has 1 atom stereocenters. The number of anilines is 1. The molecule has 0 saturated carbocycles. The Labute approximate surface area is 136 Å². The van der Waals surface area contributed by atoms with Gasteiger partial charge in [0.25, 0.3) is 0 Å². The molecule has 0 spiro atoms. The molecule has 0 aromatic heterocycles. The van der Waals surface area contributed by atoms with E-state index in [1.54, 1.807) is 7.11 Å². The SMILES string of the molecule is COc1ccc(S[C@H](C)C(=O)Nc2ccc(C)c(C)c2)cc1. The fourth-order valence-electron chi connectivity index (χ4n) is 1.98. The lowest BCUT2D eigenvalue weighted by Crippen LogP contribution is -2.22. The van der Waals surface area contributed by atoms with Gasteiger partial charge < -0.3 is 10.1 Å². The molecule has 2 rings (SSSR count). The molecule has 1 amide bonds. The van der Waals surface area contributed by atoms with Crippen molar-refractivity contribution in [3.05, 3.63) is 53.6 Å². The first-order valence-electron chi connectivity index (χ1n) is 7.18. The van der Waals surface area contributed by atoms with E-state index in [2.05, 4.69) is 12.2 Å². The molecule has 0 aliphatic heterocycles. The van der Waals surface area contributed by atoms with E-state index < -0.39 is 0 Å². The molecule has 0 fully saturated rings. The monoisotopic (exact) mass is 315 g/mol. The molecule has 3 nitrogen and oxygen atoms in total. The number of ether oxygens (including phenoxy) is 1. The fraction of sp³-hybridized carbons (Fsp3) is 0.278. The lowest BCUT2D eigenvalue weighted by molar-refractivity contribution is -0.115. The minimum absolute atomic E-state index is 0.00377. The van der Waals surface area contributed by atoms with Crippen molar-refractivity contribution in [2.75, 3.05) is 12.4 Å². The third kappa shape index (κ3) is 4.28. The quantitative estimate of drug-likeness (QED) is 0.829. The van der Waals surface area contributed by atoms with Crippen LogP contribution in [0.5, 0.6) is 5.75 Å². The van der Waals surface area contributed by atoms with Crippen molar-refractivity contribution in [1.82, 2.24) is 0 Å². The maximum Gasteiger partial charge on any atom is 0.237 e. The third-order valence-electron chi connectivity index (χ3n) is 3.52. The van der Waals surface area contributed by atoms with E-state index in [1.165, 1.54) is 22.9 Å². The van der Waals surface area contributed by atoms with Crippen LogP contribution in [0.2, 0.25) is 0 Å². The first kappa shape index (κ1) is 16.4. The van der Waals surface area contributed by atoms with E-state index in [9.17, 15) is 4.79 Å². The van der Waals surface area contributed by atoms with Gasteiger partial charge in [-0.3, -0.25) is 4.79 Å². The largest absolute Gasteiger partial charge is 0.497 e. The average molecular weight is 315 g/mol. The Morgan fingerprint density at radius 2 is 1.77 bits per heavy atom. The Morgan fingerprint density at radius 3 is 2.36 bits per heavy atom. The Bertz CT molecular complexity index is 653. The van der Waals surface area contributed by atoms with Crippen molar-refractivity contribution in [3.8, 4) is 5.75 Å². The van der Waals surface area contributed by atoms with Crippen LogP contribution in [0.3, 0.4) is 0 Å². The molecule has 116 valence electrons. The lowest BCUT2D eigenvalue weighted by Gasteiger charge is -2.13. The van der Waals surface area contributed by atoms with Gasteiger partial charge in [0.15, 0.2) is 0 Å².